The van der Waals surface area contributed by atoms with Gasteiger partial charge in [0.05, 0.1) is 9.37 Å². The van der Waals surface area contributed by atoms with Crippen LogP contribution in [0.15, 0.2) is 27.6 Å². The summed E-state index contributed by atoms with van der Waals surface area (Å²) in [6, 6.07) is 1.90. The fourth-order valence-corrected chi connectivity index (χ4v) is 3.24. The Morgan fingerprint density at radius 1 is 1.42 bits per heavy atom. The first kappa shape index (κ1) is 16.1. The smallest absolute Gasteiger partial charge is 0.322 e. The van der Waals surface area contributed by atoms with Crippen molar-refractivity contribution in [2.75, 3.05) is 0 Å². The van der Waals surface area contributed by atoms with Crippen LogP contribution < -0.4 is 4.72 Å². The molecule has 1 atom stereocenters. The van der Waals surface area contributed by atoms with Gasteiger partial charge in [-0.15, -0.1) is 0 Å². The molecule has 19 heavy (non-hydrogen) atoms. The van der Waals surface area contributed by atoms with Crippen LogP contribution >= 0.6 is 15.9 Å². The fourth-order valence-electron chi connectivity index (χ4n) is 1.35. The summed E-state index contributed by atoms with van der Waals surface area (Å²) >= 11 is 2.88. The number of benzene rings is 1. The van der Waals surface area contributed by atoms with Gasteiger partial charge < -0.3 is 5.11 Å². The molecule has 1 aromatic rings. The molecule has 0 aliphatic carbocycles. The normalized spacial score (nSPS) is 13.5. The molecule has 0 saturated heterocycles. The van der Waals surface area contributed by atoms with Gasteiger partial charge in [-0.3, -0.25) is 4.79 Å². The van der Waals surface area contributed by atoms with Crippen LogP contribution in [0.25, 0.3) is 0 Å². The number of hydrogen-bond donors (Lipinski definition) is 2. The molecule has 0 aromatic heterocycles. The molecule has 1 rings (SSSR count). The van der Waals surface area contributed by atoms with E-state index in [0.29, 0.717) is 0 Å². The van der Waals surface area contributed by atoms with Gasteiger partial charge in [0, 0.05) is 0 Å². The number of carboxylic acid groups (broad SMARTS) is 1. The second kappa shape index (κ2) is 5.98. The van der Waals surface area contributed by atoms with Gasteiger partial charge in [0.2, 0.25) is 10.0 Å². The van der Waals surface area contributed by atoms with E-state index >= 15 is 0 Å². The first-order valence-corrected chi connectivity index (χ1v) is 7.63. The van der Waals surface area contributed by atoms with E-state index < -0.39 is 33.8 Å². The number of carbonyl (C=O) groups is 1. The van der Waals surface area contributed by atoms with E-state index in [-0.39, 0.29) is 9.37 Å². The predicted octanol–water partition coefficient (Wildman–Crippen LogP) is 1.98. The zero-order valence-corrected chi connectivity index (χ0v) is 12.6. The maximum atomic E-state index is 13.0. The SMILES string of the molecule is CC(C)[C@@H](NS(=O)(=O)c1ccc(F)c(Br)c1)C(=O)O. The number of halogens is 2. The molecule has 1 aromatic carbocycles. The standard InChI is InChI=1S/C11H13BrFNO4S/c1-6(2)10(11(15)16)14-19(17,18)7-3-4-9(13)8(12)5-7/h3-6,10,14H,1-2H3,(H,15,16)/t10-/m1/s1. The molecular weight excluding hydrogens is 341 g/mol. The first-order chi connectivity index (χ1) is 8.65. The van der Waals surface area contributed by atoms with Crippen molar-refractivity contribution in [1.29, 1.82) is 0 Å². The average Bonchev–Trinajstić information content (AvgIpc) is 2.28. The molecule has 0 saturated carbocycles. The number of nitrogens with one attached hydrogen (secondary N) is 1. The van der Waals surface area contributed by atoms with Gasteiger partial charge in [-0.2, -0.15) is 4.72 Å². The minimum Gasteiger partial charge on any atom is -0.480 e. The van der Waals surface area contributed by atoms with Crippen molar-refractivity contribution in [3.05, 3.63) is 28.5 Å². The van der Waals surface area contributed by atoms with Gasteiger partial charge in [0.1, 0.15) is 11.9 Å². The van der Waals surface area contributed by atoms with E-state index in [0.717, 1.165) is 18.2 Å². The van der Waals surface area contributed by atoms with E-state index in [1.807, 2.05) is 0 Å². The van der Waals surface area contributed by atoms with Gasteiger partial charge in [0.15, 0.2) is 0 Å². The van der Waals surface area contributed by atoms with Crippen LogP contribution in [0.5, 0.6) is 0 Å². The van der Waals surface area contributed by atoms with Crippen LogP contribution in [0.4, 0.5) is 4.39 Å². The Kier molecular flexibility index (Phi) is 5.05. The number of hydrogen-bond acceptors (Lipinski definition) is 3. The van der Waals surface area contributed by atoms with Crippen molar-refractivity contribution in [2.24, 2.45) is 5.92 Å². The zero-order valence-electron chi connectivity index (χ0n) is 10.2. The molecule has 5 nitrogen and oxygen atoms in total. The molecule has 0 amide bonds. The number of sulfonamides is 1. The van der Waals surface area contributed by atoms with Crippen molar-refractivity contribution >= 4 is 31.9 Å². The van der Waals surface area contributed by atoms with Gasteiger partial charge in [-0.1, -0.05) is 13.8 Å². The van der Waals surface area contributed by atoms with E-state index in [9.17, 15) is 17.6 Å². The lowest BCUT2D eigenvalue weighted by atomic mass is 10.1. The summed E-state index contributed by atoms with van der Waals surface area (Å²) in [4.78, 5) is 10.8. The molecule has 0 radical (unpaired) electrons. The molecular formula is C11H13BrFNO4S. The lowest BCUT2D eigenvalue weighted by molar-refractivity contribution is -0.140. The third kappa shape index (κ3) is 3.99. The molecule has 0 bridgehead atoms. The number of rotatable bonds is 5. The molecule has 0 heterocycles. The Bertz CT molecular complexity index is 588. The zero-order chi connectivity index (χ0) is 14.8. The molecule has 0 aliphatic heterocycles. The van der Waals surface area contributed by atoms with Crippen LogP contribution in [0, 0.1) is 11.7 Å². The molecule has 0 spiro atoms. The highest BCUT2D eigenvalue weighted by Gasteiger charge is 2.28. The van der Waals surface area contributed by atoms with E-state index in [4.69, 9.17) is 5.11 Å². The van der Waals surface area contributed by atoms with Gasteiger partial charge >= 0.3 is 5.97 Å². The topological polar surface area (TPSA) is 83.5 Å². The highest BCUT2D eigenvalue weighted by atomic mass is 79.9. The quantitative estimate of drug-likeness (QED) is 0.847. The maximum Gasteiger partial charge on any atom is 0.322 e. The molecule has 0 fully saturated rings. The third-order valence-corrected chi connectivity index (χ3v) is 4.46. The summed E-state index contributed by atoms with van der Waals surface area (Å²) in [6.07, 6.45) is 0. The van der Waals surface area contributed by atoms with Gasteiger partial charge in [-0.05, 0) is 40.0 Å². The molecule has 0 aliphatic rings. The monoisotopic (exact) mass is 353 g/mol. The Hall–Kier alpha value is -0.990. The van der Waals surface area contributed by atoms with E-state index in [1.54, 1.807) is 13.8 Å². The van der Waals surface area contributed by atoms with Gasteiger partial charge in [0.25, 0.3) is 0 Å². The number of carboxylic acids is 1. The van der Waals surface area contributed by atoms with Crippen molar-refractivity contribution in [3.63, 3.8) is 0 Å². The second-order valence-corrected chi connectivity index (χ2v) is 6.83. The lowest BCUT2D eigenvalue weighted by Gasteiger charge is -2.18. The van der Waals surface area contributed by atoms with Crippen LogP contribution in [-0.4, -0.2) is 25.5 Å². The Labute approximate surface area is 119 Å². The van der Waals surface area contributed by atoms with E-state index in [2.05, 4.69) is 20.7 Å². The second-order valence-electron chi connectivity index (χ2n) is 4.26. The predicted molar refractivity (Wildman–Crippen MR) is 70.7 cm³/mol. The number of aliphatic carboxylic acids is 1. The van der Waals surface area contributed by atoms with Crippen LogP contribution in [-0.2, 0) is 14.8 Å². The molecule has 8 heteroatoms. The first-order valence-electron chi connectivity index (χ1n) is 5.35. The largest absolute Gasteiger partial charge is 0.480 e. The van der Waals surface area contributed by atoms with Crippen molar-refractivity contribution in [3.8, 4) is 0 Å². The Balaban J connectivity index is 3.10. The minimum absolute atomic E-state index is 0.00760. The van der Waals surface area contributed by atoms with Crippen LogP contribution in [0.1, 0.15) is 13.8 Å². The summed E-state index contributed by atoms with van der Waals surface area (Å²) in [5.41, 5.74) is 0. The van der Waals surface area contributed by atoms with Gasteiger partial charge in [-0.25, -0.2) is 12.8 Å². The fraction of sp³-hybridized carbons (Fsp3) is 0.364. The minimum atomic E-state index is -4.02. The Morgan fingerprint density at radius 2 is 2.00 bits per heavy atom. The summed E-state index contributed by atoms with van der Waals surface area (Å²) in [7, 11) is -4.02. The molecule has 0 unspecified atom stereocenters. The van der Waals surface area contributed by atoms with Crippen LogP contribution in [0.3, 0.4) is 0 Å². The third-order valence-electron chi connectivity index (χ3n) is 2.42. The van der Waals surface area contributed by atoms with Crippen LogP contribution in [0.2, 0.25) is 0 Å². The van der Waals surface area contributed by atoms with Crippen molar-refractivity contribution in [1.82, 2.24) is 4.72 Å². The highest BCUT2D eigenvalue weighted by Crippen LogP contribution is 2.20. The highest BCUT2D eigenvalue weighted by molar-refractivity contribution is 9.10. The maximum absolute atomic E-state index is 13.0. The Morgan fingerprint density at radius 3 is 2.42 bits per heavy atom. The molecule has 2 N–H and O–H groups in total. The summed E-state index contributed by atoms with van der Waals surface area (Å²) in [6.45, 7) is 3.17. The average molecular weight is 354 g/mol. The van der Waals surface area contributed by atoms with Crippen molar-refractivity contribution < 1.29 is 22.7 Å². The van der Waals surface area contributed by atoms with E-state index in [1.165, 1.54) is 0 Å². The van der Waals surface area contributed by atoms with Crippen molar-refractivity contribution in [2.45, 2.75) is 24.8 Å². The summed E-state index contributed by atoms with van der Waals surface area (Å²) < 4.78 is 39.1. The summed E-state index contributed by atoms with van der Waals surface area (Å²) in [5, 5.41) is 8.96. The molecule has 106 valence electrons. The lowest BCUT2D eigenvalue weighted by Crippen LogP contribution is -2.44. The summed E-state index contributed by atoms with van der Waals surface area (Å²) in [5.74, 6) is -2.28.